The number of hydrogen-bond donors (Lipinski definition) is 3. The van der Waals surface area contributed by atoms with Gasteiger partial charge in [-0.3, -0.25) is 9.59 Å². The molecule has 2 atom stereocenters. The van der Waals surface area contributed by atoms with Gasteiger partial charge < -0.3 is 25.4 Å². The van der Waals surface area contributed by atoms with Crippen molar-refractivity contribution in [2.45, 2.75) is 92.0 Å². The van der Waals surface area contributed by atoms with Crippen molar-refractivity contribution in [3.8, 4) is 5.75 Å². The summed E-state index contributed by atoms with van der Waals surface area (Å²) < 4.78 is 5.35. The molecular formula is C25H41N3O5. The number of nitrogens with zero attached hydrogens (tertiary/aromatic N) is 1. The van der Waals surface area contributed by atoms with Crippen molar-refractivity contribution in [2.75, 3.05) is 6.54 Å². The Balaban J connectivity index is 3.45. The van der Waals surface area contributed by atoms with E-state index in [1.807, 2.05) is 41.5 Å². The third-order valence-electron chi connectivity index (χ3n) is 4.64. The van der Waals surface area contributed by atoms with Crippen molar-refractivity contribution in [3.05, 3.63) is 29.8 Å². The Kier molecular flexibility index (Phi) is 9.75. The van der Waals surface area contributed by atoms with Gasteiger partial charge in [-0.25, -0.2) is 4.79 Å². The van der Waals surface area contributed by atoms with Gasteiger partial charge in [0.15, 0.2) is 0 Å². The number of nitrogens with one attached hydrogen (secondary N) is 2. The molecule has 0 saturated heterocycles. The molecule has 0 fully saturated rings. The minimum atomic E-state index is -1.07. The maximum absolute atomic E-state index is 13.8. The number of rotatable bonds is 8. The van der Waals surface area contributed by atoms with Crippen molar-refractivity contribution in [1.29, 1.82) is 0 Å². The van der Waals surface area contributed by atoms with E-state index in [0.29, 0.717) is 12.0 Å². The van der Waals surface area contributed by atoms with E-state index < -0.39 is 41.1 Å². The second kappa shape index (κ2) is 11.4. The highest BCUT2D eigenvalue weighted by Gasteiger charge is 2.38. The van der Waals surface area contributed by atoms with Crippen LogP contribution in [0.5, 0.6) is 5.75 Å². The average molecular weight is 464 g/mol. The van der Waals surface area contributed by atoms with E-state index in [0.717, 1.165) is 0 Å². The molecule has 8 heteroatoms. The molecule has 2 unspecified atom stereocenters. The number of phenolic OH excluding ortho intramolecular Hbond substituents is 1. The highest BCUT2D eigenvalue weighted by atomic mass is 16.6. The number of para-hydroxylation sites is 1. The Morgan fingerprint density at radius 3 is 2.09 bits per heavy atom. The topological polar surface area (TPSA) is 108 Å². The van der Waals surface area contributed by atoms with Crippen molar-refractivity contribution >= 4 is 17.9 Å². The number of benzene rings is 1. The van der Waals surface area contributed by atoms with Crippen LogP contribution in [0.2, 0.25) is 0 Å². The van der Waals surface area contributed by atoms with Crippen molar-refractivity contribution in [2.24, 2.45) is 5.92 Å². The van der Waals surface area contributed by atoms with E-state index in [1.54, 1.807) is 39.0 Å². The minimum absolute atomic E-state index is 0.0818. The summed E-state index contributed by atoms with van der Waals surface area (Å²) in [5.74, 6) is -1.18. The van der Waals surface area contributed by atoms with Crippen LogP contribution in [0.15, 0.2) is 24.3 Å². The molecular weight excluding hydrogens is 422 g/mol. The Morgan fingerprint density at radius 1 is 1.06 bits per heavy atom. The molecule has 3 amide bonds. The van der Waals surface area contributed by atoms with Gasteiger partial charge in [0.25, 0.3) is 0 Å². The monoisotopic (exact) mass is 463 g/mol. The van der Waals surface area contributed by atoms with Crippen LogP contribution in [-0.4, -0.2) is 51.6 Å². The lowest BCUT2D eigenvalue weighted by Gasteiger charge is -2.36. The summed E-state index contributed by atoms with van der Waals surface area (Å²) in [5.41, 5.74) is -0.948. The van der Waals surface area contributed by atoms with Crippen LogP contribution in [0, 0.1) is 5.92 Å². The molecule has 33 heavy (non-hydrogen) atoms. The van der Waals surface area contributed by atoms with Gasteiger partial charge in [-0.15, -0.1) is 0 Å². The van der Waals surface area contributed by atoms with Crippen LogP contribution in [0.4, 0.5) is 4.79 Å². The summed E-state index contributed by atoms with van der Waals surface area (Å²) in [6.07, 6.45) is -0.125. The van der Waals surface area contributed by atoms with Gasteiger partial charge in [0.05, 0.1) is 0 Å². The smallest absolute Gasteiger partial charge is 0.408 e. The first kappa shape index (κ1) is 28.3. The number of ether oxygens (including phenoxy) is 1. The molecule has 3 N–H and O–H groups in total. The second-order valence-electron chi connectivity index (χ2n) is 10.6. The molecule has 1 rings (SSSR count). The molecule has 186 valence electrons. The Bertz CT molecular complexity index is 824. The molecule has 0 spiro atoms. The highest BCUT2D eigenvalue weighted by molar-refractivity contribution is 5.92. The van der Waals surface area contributed by atoms with Gasteiger partial charge in [-0.1, -0.05) is 39.0 Å². The Labute approximate surface area is 198 Å². The quantitative estimate of drug-likeness (QED) is 0.537. The standard InChI is InChI=1S/C25H41N3O5/c1-10-15-28(22(31)19(16(2)3)26-23(32)33-25(7,8)9)20(21(30)27-24(4,5)6)17-13-11-12-14-18(17)29/h11-14,16,19-20,29H,10,15H2,1-9H3,(H,26,32)(H,27,30). The van der Waals surface area contributed by atoms with Crippen LogP contribution in [0.1, 0.15) is 80.3 Å². The lowest BCUT2D eigenvalue weighted by atomic mass is 9.97. The second-order valence-corrected chi connectivity index (χ2v) is 10.6. The van der Waals surface area contributed by atoms with Gasteiger partial charge in [-0.2, -0.15) is 0 Å². The van der Waals surface area contributed by atoms with Crippen molar-refractivity contribution < 1.29 is 24.2 Å². The van der Waals surface area contributed by atoms with E-state index >= 15 is 0 Å². The predicted octanol–water partition coefficient (Wildman–Crippen LogP) is 4.14. The highest BCUT2D eigenvalue weighted by Crippen LogP contribution is 2.31. The number of alkyl carbamates (subject to hydrolysis) is 1. The van der Waals surface area contributed by atoms with E-state index in [2.05, 4.69) is 10.6 Å². The van der Waals surface area contributed by atoms with E-state index in [9.17, 15) is 19.5 Å². The zero-order valence-electron chi connectivity index (χ0n) is 21.5. The van der Waals surface area contributed by atoms with Crippen LogP contribution < -0.4 is 10.6 Å². The first-order valence-electron chi connectivity index (χ1n) is 11.5. The fourth-order valence-electron chi connectivity index (χ4n) is 3.34. The molecule has 0 aromatic heterocycles. The molecule has 8 nitrogen and oxygen atoms in total. The van der Waals surface area contributed by atoms with Gasteiger partial charge in [0.2, 0.25) is 11.8 Å². The Hall–Kier alpha value is -2.77. The molecule has 1 aromatic rings. The lowest BCUT2D eigenvalue weighted by molar-refractivity contribution is -0.144. The largest absolute Gasteiger partial charge is 0.508 e. The summed E-state index contributed by atoms with van der Waals surface area (Å²) in [7, 11) is 0. The lowest BCUT2D eigenvalue weighted by Crippen LogP contribution is -2.56. The normalized spacial score (nSPS) is 13.8. The third kappa shape index (κ3) is 8.94. The number of carbonyl (C=O) groups excluding carboxylic acids is 3. The van der Waals surface area contributed by atoms with Crippen molar-refractivity contribution in [1.82, 2.24) is 15.5 Å². The van der Waals surface area contributed by atoms with Gasteiger partial charge in [0, 0.05) is 17.6 Å². The molecule has 0 aliphatic carbocycles. The zero-order chi connectivity index (χ0) is 25.6. The average Bonchev–Trinajstić information content (AvgIpc) is 2.63. The minimum Gasteiger partial charge on any atom is -0.508 e. The maximum atomic E-state index is 13.8. The fourth-order valence-corrected chi connectivity index (χ4v) is 3.34. The molecule has 1 aromatic carbocycles. The fraction of sp³-hybridized carbons (Fsp3) is 0.640. The van der Waals surface area contributed by atoms with E-state index in [-0.39, 0.29) is 18.2 Å². The maximum Gasteiger partial charge on any atom is 0.408 e. The first-order valence-corrected chi connectivity index (χ1v) is 11.5. The van der Waals surface area contributed by atoms with Crippen LogP contribution in [0.25, 0.3) is 0 Å². The Morgan fingerprint density at radius 2 is 1.64 bits per heavy atom. The van der Waals surface area contributed by atoms with Crippen LogP contribution in [0.3, 0.4) is 0 Å². The number of phenols is 1. The molecule has 0 aliphatic rings. The summed E-state index contributed by atoms with van der Waals surface area (Å²) in [6.45, 7) is 16.6. The third-order valence-corrected chi connectivity index (χ3v) is 4.64. The number of hydrogen-bond acceptors (Lipinski definition) is 5. The molecule has 0 aliphatic heterocycles. The zero-order valence-corrected chi connectivity index (χ0v) is 21.5. The van der Waals surface area contributed by atoms with Crippen LogP contribution >= 0.6 is 0 Å². The molecule has 0 bridgehead atoms. The van der Waals surface area contributed by atoms with Gasteiger partial charge >= 0.3 is 6.09 Å². The summed E-state index contributed by atoms with van der Waals surface area (Å²) in [5, 5.41) is 16.1. The first-order chi connectivity index (χ1) is 15.1. The summed E-state index contributed by atoms with van der Waals surface area (Å²) >= 11 is 0. The molecule has 0 saturated carbocycles. The van der Waals surface area contributed by atoms with Crippen LogP contribution in [-0.2, 0) is 14.3 Å². The number of aromatic hydroxyl groups is 1. The SMILES string of the molecule is CCCN(C(=O)C(NC(=O)OC(C)(C)C)C(C)C)C(C(=O)NC(C)(C)C)c1ccccc1O. The van der Waals surface area contributed by atoms with Crippen molar-refractivity contribution in [3.63, 3.8) is 0 Å². The number of amides is 3. The van der Waals surface area contributed by atoms with E-state index in [4.69, 9.17) is 4.74 Å². The number of carbonyl (C=O) groups is 3. The van der Waals surface area contributed by atoms with Gasteiger partial charge in [-0.05, 0) is 59.9 Å². The summed E-state index contributed by atoms with van der Waals surface area (Å²) in [4.78, 5) is 41.1. The molecule has 0 radical (unpaired) electrons. The van der Waals surface area contributed by atoms with Gasteiger partial charge in [0.1, 0.15) is 23.4 Å². The summed E-state index contributed by atoms with van der Waals surface area (Å²) in [6, 6.07) is 4.50. The van der Waals surface area contributed by atoms with E-state index in [1.165, 1.54) is 11.0 Å². The molecule has 0 heterocycles. The predicted molar refractivity (Wildman–Crippen MR) is 129 cm³/mol.